The lowest BCUT2D eigenvalue weighted by molar-refractivity contribution is 0.163. The largest absolute Gasteiger partial charge is 0.385 e. The van der Waals surface area contributed by atoms with Crippen molar-refractivity contribution in [1.29, 1.82) is 0 Å². The van der Waals surface area contributed by atoms with Crippen LogP contribution < -0.4 is 5.73 Å². The third kappa shape index (κ3) is 5.85. The van der Waals surface area contributed by atoms with Crippen LogP contribution >= 0.6 is 0 Å². The fourth-order valence-electron chi connectivity index (χ4n) is 0.230. The lowest BCUT2D eigenvalue weighted by Gasteiger charge is -1.96. The lowest BCUT2D eigenvalue weighted by atomic mass is 10.4. The Kier molecular flexibility index (Phi) is 3.93. The number of alkyl halides is 1. The van der Waals surface area contributed by atoms with Gasteiger partial charge in [-0.15, -0.1) is 0 Å². The van der Waals surface area contributed by atoms with Crippen molar-refractivity contribution in [3.63, 3.8) is 0 Å². The van der Waals surface area contributed by atoms with Gasteiger partial charge in [0.1, 0.15) is 0 Å². The number of hydrogen-bond acceptors (Lipinski definition) is 2. The summed E-state index contributed by atoms with van der Waals surface area (Å²) < 4.78 is 16.1. The third-order valence-electron chi connectivity index (χ3n) is 0.598. The molecule has 0 rings (SSSR count). The zero-order valence-corrected chi connectivity index (χ0v) is 4.36. The van der Waals surface area contributed by atoms with Crippen LogP contribution in [0, 0.1) is 0 Å². The van der Waals surface area contributed by atoms with E-state index >= 15 is 0 Å². The maximum Gasteiger partial charge on any atom is 0.150 e. The van der Waals surface area contributed by atoms with Crippen LogP contribution in [0.3, 0.4) is 0 Å². The highest BCUT2D eigenvalue weighted by Gasteiger charge is 1.93. The molecule has 0 spiro atoms. The van der Waals surface area contributed by atoms with Gasteiger partial charge in [0.15, 0.2) is 6.30 Å². The number of methoxy groups -OCH3 is 1. The molecule has 3 heteroatoms. The van der Waals surface area contributed by atoms with Crippen LogP contribution in [-0.4, -0.2) is 20.0 Å². The second-order valence-corrected chi connectivity index (χ2v) is 1.30. The summed E-state index contributed by atoms with van der Waals surface area (Å²) in [6.45, 7) is 0.400. The Morgan fingerprint density at radius 1 is 1.86 bits per heavy atom. The first-order valence-corrected chi connectivity index (χ1v) is 2.16. The van der Waals surface area contributed by atoms with Gasteiger partial charge in [0, 0.05) is 13.5 Å². The van der Waals surface area contributed by atoms with Gasteiger partial charge in [0.25, 0.3) is 0 Å². The summed E-state index contributed by atoms with van der Waals surface area (Å²) in [5.41, 5.74) is 4.73. The summed E-state index contributed by atoms with van der Waals surface area (Å²) in [6.07, 6.45) is -0.934. The van der Waals surface area contributed by atoms with E-state index in [-0.39, 0.29) is 6.42 Å². The first-order chi connectivity index (χ1) is 3.27. The molecule has 0 radical (unpaired) electrons. The third-order valence-corrected chi connectivity index (χ3v) is 0.598. The highest BCUT2D eigenvalue weighted by molar-refractivity contribution is 4.40. The molecular weight excluding hydrogens is 97.0 g/mol. The van der Waals surface area contributed by atoms with Crippen molar-refractivity contribution in [2.45, 2.75) is 12.7 Å². The minimum Gasteiger partial charge on any atom is -0.385 e. The second-order valence-electron chi connectivity index (χ2n) is 1.30. The summed E-state index contributed by atoms with van der Waals surface area (Å²) in [4.78, 5) is 0. The van der Waals surface area contributed by atoms with Crippen molar-refractivity contribution in [2.24, 2.45) is 5.73 Å². The first kappa shape index (κ1) is 6.85. The van der Waals surface area contributed by atoms with Crippen molar-refractivity contribution < 1.29 is 9.13 Å². The van der Waals surface area contributed by atoms with Gasteiger partial charge in [-0.1, -0.05) is 0 Å². The Hall–Kier alpha value is -0.150. The molecule has 0 aliphatic rings. The summed E-state index contributed by atoms with van der Waals surface area (Å²) in [5.74, 6) is 0. The molecule has 0 heterocycles. The molecule has 0 fully saturated rings. The van der Waals surface area contributed by atoms with Crippen LogP contribution in [0.4, 0.5) is 4.39 Å². The van der Waals surface area contributed by atoms with Crippen molar-refractivity contribution in [3.8, 4) is 0 Å². The van der Waals surface area contributed by atoms with Crippen LogP contribution in [0.1, 0.15) is 6.42 Å². The monoisotopic (exact) mass is 107 g/mol. The van der Waals surface area contributed by atoms with Gasteiger partial charge < -0.3 is 10.5 Å². The molecule has 7 heavy (non-hydrogen) atoms. The Labute approximate surface area is 42.5 Å². The normalized spacial score (nSPS) is 14.1. The minimum absolute atomic E-state index is 0.288. The number of nitrogens with two attached hydrogens (primary N) is 1. The smallest absolute Gasteiger partial charge is 0.150 e. The SMILES string of the molecule is COCCC(N)F. The first-order valence-electron chi connectivity index (χ1n) is 2.16. The highest BCUT2D eigenvalue weighted by atomic mass is 19.1. The van der Waals surface area contributed by atoms with Crippen LogP contribution in [0.2, 0.25) is 0 Å². The Morgan fingerprint density at radius 3 is 2.57 bits per heavy atom. The Morgan fingerprint density at radius 2 is 2.43 bits per heavy atom. The summed E-state index contributed by atoms with van der Waals surface area (Å²) >= 11 is 0. The van der Waals surface area contributed by atoms with Crippen molar-refractivity contribution in [2.75, 3.05) is 13.7 Å². The van der Waals surface area contributed by atoms with Gasteiger partial charge in [0.2, 0.25) is 0 Å². The summed E-state index contributed by atoms with van der Waals surface area (Å²) in [7, 11) is 1.52. The maximum absolute atomic E-state index is 11.6. The molecular formula is C4H10FNO. The lowest BCUT2D eigenvalue weighted by Crippen LogP contribution is -2.14. The molecule has 0 saturated carbocycles. The van der Waals surface area contributed by atoms with E-state index in [1.807, 2.05) is 0 Å². The van der Waals surface area contributed by atoms with Crippen molar-refractivity contribution >= 4 is 0 Å². The molecule has 0 aromatic heterocycles. The Bertz CT molecular complexity index is 40.7. The predicted molar refractivity (Wildman–Crippen MR) is 25.6 cm³/mol. The van der Waals surface area contributed by atoms with E-state index < -0.39 is 6.30 Å². The molecule has 1 atom stereocenters. The second kappa shape index (κ2) is 4.02. The standard InChI is InChI=1S/C4H10FNO/c1-7-3-2-4(5)6/h4H,2-3,6H2,1H3. The van der Waals surface area contributed by atoms with Crippen molar-refractivity contribution in [1.82, 2.24) is 0 Å². The fourth-order valence-corrected chi connectivity index (χ4v) is 0.230. The molecule has 2 N–H and O–H groups in total. The van der Waals surface area contributed by atoms with Crippen LogP contribution in [0.5, 0.6) is 0 Å². The average Bonchev–Trinajstić information content (AvgIpc) is 1.61. The average molecular weight is 107 g/mol. The highest BCUT2D eigenvalue weighted by Crippen LogP contribution is 1.86. The topological polar surface area (TPSA) is 35.2 Å². The Balaban J connectivity index is 2.68. The zero-order valence-electron chi connectivity index (χ0n) is 4.36. The molecule has 44 valence electrons. The zero-order chi connectivity index (χ0) is 5.70. The number of hydrogen-bond donors (Lipinski definition) is 1. The molecule has 0 aromatic rings. The molecule has 1 unspecified atom stereocenters. The van der Waals surface area contributed by atoms with Crippen LogP contribution in [-0.2, 0) is 4.74 Å². The number of ether oxygens (including phenoxy) is 1. The van der Waals surface area contributed by atoms with E-state index in [9.17, 15) is 4.39 Å². The molecule has 0 amide bonds. The fraction of sp³-hybridized carbons (Fsp3) is 1.00. The van der Waals surface area contributed by atoms with Gasteiger partial charge in [-0.2, -0.15) is 0 Å². The van der Waals surface area contributed by atoms with E-state index in [1.54, 1.807) is 0 Å². The van der Waals surface area contributed by atoms with Crippen LogP contribution in [0.15, 0.2) is 0 Å². The van der Waals surface area contributed by atoms with Gasteiger partial charge >= 0.3 is 0 Å². The number of rotatable bonds is 3. The van der Waals surface area contributed by atoms with Gasteiger partial charge in [-0.05, 0) is 0 Å². The molecule has 2 nitrogen and oxygen atoms in total. The van der Waals surface area contributed by atoms with Crippen molar-refractivity contribution in [3.05, 3.63) is 0 Å². The van der Waals surface area contributed by atoms with Gasteiger partial charge in [-0.25, -0.2) is 4.39 Å². The van der Waals surface area contributed by atoms with E-state index in [1.165, 1.54) is 7.11 Å². The molecule has 0 aliphatic carbocycles. The molecule has 0 aromatic carbocycles. The van der Waals surface area contributed by atoms with Crippen LogP contribution in [0.25, 0.3) is 0 Å². The quantitative estimate of drug-likeness (QED) is 0.525. The van der Waals surface area contributed by atoms with Gasteiger partial charge in [-0.3, -0.25) is 0 Å². The van der Waals surface area contributed by atoms with E-state index in [4.69, 9.17) is 5.73 Å². The van der Waals surface area contributed by atoms with E-state index in [0.29, 0.717) is 6.61 Å². The number of halogens is 1. The molecule has 0 saturated heterocycles. The van der Waals surface area contributed by atoms with E-state index in [0.717, 1.165) is 0 Å². The molecule has 0 aliphatic heterocycles. The summed E-state index contributed by atoms with van der Waals surface area (Å²) in [6, 6.07) is 0. The van der Waals surface area contributed by atoms with E-state index in [2.05, 4.69) is 4.74 Å². The predicted octanol–water partition coefficient (Wildman–Crippen LogP) is 0.277. The maximum atomic E-state index is 11.6. The molecule has 0 bridgehead atoms. The minimum atomic E-state index is -1.22. The van der Waals surface area contributed by atoms with Gasteiger partial charge in [0.05, 0.1) is 6.61 Å². The summed E-state index contributed by atoms with van der Waals surface area (Å²) in [5, 5.41) is 0.